The average molecular weight is 234 g/mol. The lowest BCUT2D eigenvalue weighted by Gasteiger charge is -2.03. The standard InChI is InChI=1S/C12H14N2OS/c1-3-7-14-10-6-5-9(15-4-2)8-11(10)16-12(14)13/h3,5-6,8,13H,1,4,7H2,2H3. The molecule has 0 aliphatic heterocycles. The number of nitrogens with one attached hydrogen (secondary N) is 1. The maximum absolute atomic E-state index is 7.87. The van der Waals surface area contributed by atoms with E-state index in [9.17, 15) is 0 Å². The van der Waals surface area contributed by atoms with Gasteiger partial charge in [-0.2, -0.15) is 0 Å². The smallest absolute Gasteiger partial charge is 0.183 e. The number of thiazole rings is 1. The molecule has 0 spiro atoms. The van der Waals surface area contributed by atoms with Crippen molar-refractivity contribution < 1.29 is 4.74 Å². The number of fused-ring (bicyclic) bond motifs is 1. The van der Waals surface area contributed by atoms with Gasteiger partial charge in [-0.05, 0) is 25.1 Å². The molecule has 16 heavy (non-hydrogen) atoms. The van der Waals surface area contributed by atoms with E-state index < -0.39 is 0 Å². The highest BCUT2D eigenvalue weighted by molar-refractivity contribution is 7.16. The highest BCUT2D eigenvalue weighted by Crippen LogP contribution is 2.23. The largest absolute Gasteiger partial charge is 0.494 e. The number of aromatic nitrogens is 1. The molecule has 0 unspecified atom stereocenters. The summed E-state index contributed by atoms with van der Waals surface area (Å²) in [4.78, 5) is 0.545. The van der Waals surface area contributed by atoms with Crippen LogP contribution in [0, 0.1) is 5.41 Å². The Morgan fingerprint density at radius 2 is 2.38 bits per heavy atom. The third-order valence-electron chi connectivity index (χ3n) is 2.30. The molecule has 0 atom stereocenters. The van der Waals surface area contributed by atoms with Gasteiger partial charge in [0.15, 0.2) is 4.80 Å². The van der Waals surface area contributed by atoms with Crippen molar-refractivity contribution in [1.29, 1.82) is 5.41 Å². The van der Waals surface area contributed by atoms with Gasteiger partial charge < -0.3 is 9.30 Å². The van der Waals surface area contributed by atoms with Crippen molar-refractivity contribution in [3.8, 4) is 5.75 Å². The summed E-state index contributed by atoms with van der Waals surface area (Å²) in [5.74, 6) is 0.863. The first kappa shape index (κ1) is 11.0. The maximum Gasteiger partial charge on any atom is 0.183 e. The summed E-state index contributed by atoms with van der Waals surface area (Å²) in [7, 11) is 0. The molecule has 0 fully saturated rings. The second-order valence-electron chi connectivity index (χ2n) is 3.37. The number of nitrogens with zero attached hydrogens (tertiary/aromatic N) is 1. The van der Waals surface area contributed by atoms with Crippen molar-refractivity contribution in [1.82, 2.24) is 4.57 Å². The van der Waals surface area contributed by atoms with Gasteiger partial charge in [0.2, 0.25) is 0 Å². The van der Waals surface area contributed by atoms with E-state index in [1.165, 1.54) is 11.3 Å². The Bertz CT molecular complexity index is 568. The molecule has 0 amide bonds. The van der Waals surface area contributed by atoms with Crippen LogP contribution in [0.2, 0.25) is 0 Å². The Morgan fingerprint density at radius 3 is 3.06 bits per heavy atom. The third kappa shape index (κ3) is 1.88. The average Bonchev–Trinajstić information content (AvgIpc) is 2.56. The van der Waals surface area contributed by atoms with Crippen LogP contribution in [-0.2, 0) is 6.54 Å². The van der Waals surface area contributed by atoms with Crippen molar-refractivity contribution in [2.75, 3.05) is 6.61 Å². The Labute approximate surface area is 98.1 Å². The van der Waals surface area contributed by atoms with E-state index in [1.807, 2.05) is 29.7 Å². The first-order valence-electron chi connectivity index (χ1n) is 5.18. The van der Waals surface area contributed by atoms with Crippen LogP contribution in [0.15, 0.2) is 30.9 Å². The number of benzene rings is 1. The molecule has 0 saturated carbocycles. The van der Waals surface area contributed by atoms with Gasteiger partial charge in [-0.15, -0.1) is 6.58 Å². The van der Waals surface area contributed by atoms with Crippen LogP contribution in [0.4, 0.5) is 0 Å². The second kappa shape index (κ2) is 4.53. The van der Waals surface area contributed by atoms with E-state index in [-0.39, 0.29) is 0 Å². The molecule has 2 aromatic rings. The number of rotatable bonds is 4. The van der Waals surface area contributed by atoms with Gasteiger partial charge in [-0.1, -0.05) is 17.4 Å². The number of ether oxygens (including phenoxy) is 1. The van der Waals surface area contributed by atoms with Gasteiger partial charge in [0.25, 0.3) is 0 Å². The predicted octanol–water partition coefficient (Wildman–Crippen LogP) is 2.77. The molecule has 0 aliphatic carbocycles. The lowest BCUT2D eigenvalue weighted by atomic mass is 10.3. The summed E-state index contributed by atoms with van der Waals surface area (Å²) in [6.07, 6.45) is 1.81. The van der Waals surface area contributed by atoms with E-state index in [0.29, 0.717) is 18.0 Å². The fraction of sp³-hybridized carbons (Fsp3) is 0.250. The molecular weight excluding hydrogens is 220 g/mol. The Balaban J connectivity index is 2.56. The lowest BCUT2D eigenvalue weighted by molar-refractivity contribution is 0.341. The minimum absolute atomic E-state index is 0.545. The molecule has 4 heteroatoms. The van der Waals surface area contributed by atoms with Gasteiger partial charge in [0, 0.05) is 6.54 Å². The summed E-state index contributed by atoms with van der Waals surface area (Å²) < 4.78 is 8.45. The molecule has 1 N–H and O–H groups in total. The zero-order chi connectivity index (χ0) is 11.5. The summed E-state index contributed by atoms with van der Waals surface area (Å²) in [5, 5.41) is 7.87. The van der Waals surface area contributed by atoms with Crippen LogP contribution in [0.25, 0.3) is 10.2 Å². The van der Waals surface area contributed by atoms with Crippen LogP contribution in [0.5, 0.6) is 5.75 Å². The molecule has 0 radical (unpaired) electrons. The minimum atomic E-state index is 0.545. The summed E-state index contributed by atoms with van der Waals surface area (Å²) in [5.41, 5.74) is 1.07. The maximum atomic E-state index is 7.87. The lowest BCUT2D eigenvalue weighted by Crippen LogP contribution is -2.11. The molecule has 2 rings (SSSR count). The van der Waals surface area contributed by atoms with Crippen LogP contribution in [-0.4, -0.2) is 11.2 Å². The first-order chi connectivity index (χ1) is 7.76. The van der Waals surface area contributed by atoms with E-state index >= 15 is 0 Å². The molecule has 84 valence electrons. The Morgan fingerprint density at radius 1 is 1.56 bits per heavy atom. The fourth-order valence-corrected chi connectivity index (χ4v) is 2.58. The van der Waals surface area contributed by atoms with Gasteiger partial charge in [0.1, 0.15) is 5.75 Å². The Kier molecular flexibility index (Phi) is 3.10. The van der Waals surface area contributed by atoms with Gasteiger partial charge in [0.05, 0.1) is 16.8 Å². The number of hydrogen-bond acceptors (Lipinski definition) is 3. The first-order valence-corrected chi connectivity index (χ1v) is 5.99. The van der Waals surface area contributed by atoms with Crippen molar-refractivity contribution in [3.63, 3.8) is 0 Å². The third-order valence-corrected chi connectivity index (χ3v) is 3.26. The molecule has 0 saturated heterocycles. The minimum Gasteiger partial charge on any atom is -0.494 e. The van der Waals surface area contributed by atoms with Crippen LogP contribution in [0.3, 0.4) is 0 Å². The normalized spacial score (nSPS) is 10.6. The monoisotopic (exact) mass is 234 g/mol. The molecule has 1 heterocycles. The second-order valence-corrected chi connectivity index (χ2v) is 4.40. The topological polar surface area (TPSA) is 38.0 Å². The predicted molar refractivity (Wildman–Crippen MR) is 67.0 cm³/mol. The number of hydrogen-bond donors (Lipinski definition) is 1. The van der Waals surface area contributed by atoms with E-state index in [1.54, 1.807) is 6.08 Å². The van der Waals surface area contributed by atoms with Gasteiger partial charge in [-0.25, -0.2) is 0 Å². The van der Waals surface area contributed by atoms with Gasteiger partial charge in [-0.3, -0.25) is 5.41 Å². The molecular formula is C12H14N2OS. The van der Waals surface area contributed by atoms with E-state index in [4.69, 9.17) is 10.1 Å². The Hall–Kier alpha value is -1.55. The van der Waals surface area contributed by atoms with Crippen LogP contribution in [0.1, 0.15) is 6.92 Å². The summed E-state index contributed by atoms with van der Waals surface area (Å²) in [6.45, 7) is 7.01. The van der Waals surface area contributed by atoms with E-state index in [0.717, 1.165) is 16.0 Å². The highest BCUT2D eigenvalue weighted by Gasteiger charge is 2.05. The number of allylic oxidation sites excluding steroid dienone is 1. The van der Waals surface area contributed by atoms with Crippen molar-refractivity contribution >= 4 is 21.6 Å². The fourth-order valence-electron chi connectivity index (χ4n) is 1.63. The molecule has 1 aromatic heterocycles. The quantitative estimate of drug-likeness (QED) is 0.812. The van der Waals surface area contributed by atoms with Crippen molar-refractivity contribution in [2.45, 2.75) is 13.5 Å². The van der Waals surface area contributed by atoms with Crippen LogP contribution >= 0.6 is 11.3 Å². The van der Waals surface area contributed by atoms with Crippen LogP contribution < -0.4 is 9.54 Å². The molecule has 0 aliphatic rings. The highest BCUT2D eigenvalue weighted by atomic mass is 32.1. The summed E-state index contributed by atoms with van der Waals surface area (Å²) >= 11 is 1.46. The van der Waals surface area contributed by atoms with E-state index in [2.05, 4.69) is 6.58 Å². The molecule has 0 bridgehead atoms. The summed E-state index contributed by atoms with van der Waals surface area (Å²) in [6, 6.07) is 5.93. The van der Waals surface area contributed by atoms with Crippen molar-refractivity contribution in [2.24, 2.45) is 0 Å². The molecule has 1 aromatic carbocycles. The van der Waals surface area contributed by atoms with Crippen molar-refractivity contribution in [3.05, 3.63) is 35.7 Å². The van der Waals surface area contributed by atoms with Gasteiger partial charge >= 0.3 is 0 Å². The molecule has 3 nitrogen and oxygen atoms in total. The zero-order valence-corrected chi connectivity index (χ0v) is 10.0. The SMILES string of the molecule is C=CCn1c(=N)sc2cc(OCC)ccc21. The zero-order valence-electron chi connectivity index (χ0n) is 9.19.